The van der Waals surface area contributed by atoms with Gasteiger partial charge in [0.1, 0.15) is 6.04 Å². The van der Waals surface area contributed by atoms with E-state index < -0.39 is 18.0 Å². The molecule has 1 aromatic heterocycles. The molecule has 3 heterocycles. The molecule has 37 heavy (non-hydrogen) atoms. The maximum absolute atomic E-state index is 13.2. The van der Waals surface area contributed by atoms with Crippen LogP contribution in [0.1, 0.15) is 70.4 Å². The van der Waals surface area contributed by atoms with Gasteiger partial charge in [-0.05, 0) is 68.3 Å². The molecule has 10 nitrogen and oxygen atoms in total. The molecule has 2 aliphatic heterocycles. The van der Waals surface area contributed by atoms with Crippen LogP contribution < -0.4 is 11.0 Å². The van der Waals surface area contributed by atoms with Crippen molar-refractivity contribution >= 4 is 28.9 Å². The van der Waals surface area contributed by atoms with Gasteiger partial charge in [0, 0.05) is 26.6 Å². The molecule has 0 saturated carbocycles. The highest BCUT2D eigenvalue weighted by Crippen LogP contribution is 2.34. The number of amides is 3. The first-order chi connectivity index (χ1) is 17.5. The second-order valence-corrected chi connectivity index (χ2v) is 11.6. The summed E-state index contributed by atoms with van der Waals surface area (Å²) >= 11 is 0. The van der Waals surface area contributed by atoms with Gasteiger partial charge in [0.25, 0.3) is 0 Å². The van der Waals surface area contributed by atoms with Gasteiger partial charge in [-0.1, -0.05) is 32.9 Å². The van der Waals surface area contributed by atoms with Gasteiger partial charge in [0.05, 0.1) is 11.0 Å². The molecule has 2 fully saturated rings. The molecule has 0 radical (unpaired) electrons. The van der Waals surface area contributed by atoms with Gasteiger partial charge in [-0.25, -0.2) is 9.59 Å². The molecule has 1 aromatic carbocycles. The van der Waals surface area contributed by atoms with Crippen LogP contribution in [-0.4, -0.2) is 74.7 Å². The Morgan fingerprint density at radius 1 is 1.14 bits per heavy atom. The zero-order valence-electron chi connectivity index (χ0n) is 22.3. The fraction of sp³-hybridized carbons (Fsp3) is 0.630. The lowest BCUT2D eigenvalue weighted by atomic mass is 9.88. The predicted molar refractivity (Wildman–Crippen MR) is 141 cm³/mol. The Hall–Kier alpha value is -3.14. The highest BCUT2D eigenvalue weighted by molar-refractivity contribution is 6.00. The molecule has 1 atom stereocenters. The van der Waals surface area contributed by atoms with Crippen molar-refractivity contribution in [3.05, 3.63) is 34.2 Å². The van der Waals surface area contributed by atoms with Gasteiger partial charge < -0.3 is 14.9 Å². The van der Waals surface area contributed by atoms with Crippen molar-refractivity contribution in [2.75, 3.05) is 32.7 Å². The molecule has 0 bridgehead atoms. The number of nitrogens with one attached hydrogen (secondary N) is 1. The Bertz CT molecular complexity index is 1230. The Kier molecular flexibility index (Phi) is 7.77. The minimum absolute atomic E-state index is 0.0744. The van der Waals surface area contributed by atoms with Crippen LogP contribution in [0.5, 0.6) is 0 Å². The van der Waals surface area contributed by atoms with Crippen LogP contribution >= 0.6 is 0 Å². The first-order valence-electron chi connectivity index (χ1n) is 13.2. The minimum Gasteiger partial charge on any atom is -0.465 e. The van der Waals surface area contributed by atoms with E-state index >= 15 is 0 Å². The third-order valence-corrected chi connectivity index (χ3v) is 7.52. The maximum atomic E-state index is 13.2. The standard InChI is InChI=1S/C27H39N5O5/c1-27(2,3)17-31(26(36)37)14-6-13-30-15-11-18(12-16-30)19-7-5-8-20-23(19)29(4)25(35)32(20)21-9-10-22(33)28-24(21)34/h5,7-8,18,21H,6,9-17H2,1-4H3,(H,36,37)(H,28,33,34). The molecule has 1 unspecified atom stereocenters. The van der Waals surface area contributed by atoms with E-state index in [-0.39, 0.29) is 23.4 Å². The molecular formula is C27H39N5O5. The number of carboxylic acid groups (broad SMARTS) is 1. The summed E-state index contributed by atoms with van der Waals surface area (Å²) in [6, 6.07) is 5.22. The molecule has 4 rings (SSSR count). The number of rotatable bonds is 7. The van der Waals surface area contributed by atoms with Crippen LogP contribution in [0.15, 0.2) is 23.0 Å². The number of likely N-dealkylation sites (tertiary alicyclic amines) is 1. The number of aromatic nitrogens is 2. The van der Waals surface area contributed by atoms with E-state index in [0.717, 1.165) is 55.5 Å². The smallest absolute Gasteiger partial charge is 0.407 e. The van der Waals surface area contributed by atoms with E-state index in [2.05, 4.69) is 16.3 Å². The van der Waals surface area contributed by atoms with Crippen LogP contribution in [0.3, 0.4) is 0 Å². The lowest BCUT2D eigenvalue weighted by molar-refractivity contribution is -0.135. The van der Waals surface area contributed by atoms with Crippen molar-refractivity contribution in [1.82, 2.24) is 24.3 Å². The Morgan fingerprint density at radius 2 is 1.84 bits per heavy atom. The van der Waals surface area contributed by atoms with E-state index in [0.29, 0.717) is 25.4 Å². The summed E-state index contributed by atoms with van der Waals surface area (Å²) in [6.45, 7) is 9.86. The molecule has 2 aromatic rings. The van der Waals surface area contributed by atoms with E-state index in [1.54, 1.807) is 16.2 Å². The van der Waals surface area contributed by atoms with E-state index in [1.165, 1.54) is 4.90 Å². The van der Waals surface area contributed by atoms with E-state index in [9.17, 15) is 24.3 Å². The van der Waals surface area contributed by atoms with Gasteiger partial charge >= 0.3 is 11.8 Å². The van der Waals surface area contributed by atoms with Crippen molar-refractivity contribution in [2.45, 2.75) is 64.8 Å². The predicted octanol–water partition coefficient (Wildman–Crippen LogP) is 2.91. The normalized spacial score (nSPS) is 19.8. The molecule has 3 amide bonds. The second kappa shape index (κ2) is 10.7. The largest absolute Gasteiger partial charge is 0.465 e. The van der Waals surface area contributed by atoms with Gasteiger partial charge in [-0.15, -0.1) is 0 Å². The molecule has 0 spiro atoms. The Morgan fingerprint density at radius 3 is 2.46 bits per heavy atom. The summed E-state index contributed by atoms with van der Waals surface area (Å²) in [7, 11) is 1.75. The van der Waals surface area contributed by atoms with Gasteiger partial charge in [0.2, 0.25) is 11.8 Å². The fourth-order valence-corrected chi connectivity index (χ4v) is 5.80. The highest BCUT2D eigenvalue weighted by atomic mass is 16.4. The number of benzene rings is 1. The van der Waals surface area contributed by atoms with Crippen LogP contribution in [0.4, 0.5) is 4.79 Å². The number of hydrogen-bond acceptors (Lipinski definition) is 5. The number of aryl methyl sites for hydroxylation is 1. The van der Waals surface area contributed by atoms with Gasteiger partial charge in [-0.2, -0.15) is 0 Å². The monoisotopic (exact) mass is 513 g/mol. The molecule has 0 aliphatic carbocycles. The number of carbonyl (C=O) groups is 3. The van der Waals surface area contributed by atoms with Crippen LogP contribution in [0.25, 0.3) is 11.0 Å². The van der Waals surface area contributed by atoms with Crippen LogP contribution in [0.2, 0.25) is 0 Å². The zero-order chi connectivity index (χ0) is 26.9. The number of imidazole rings is 1. The molecule has 2 N–H and O–H groups in total. The average molecular weight is 514 g/mol. The van der Waals surface area contributed by atoms with E-state index in [1.807, 2.05) is 32.9 Å². The Labute approximate surface area is 217 Å². The summed E-state index contributed by atoms with van der Waals surface area (Å²) < 4.78 is 3.18. The first-order valence-corrected chi connectivity index (χ1v) is 13.2. The number of piperidine rings is 2. The number of imide groups is 1. The van der Waals surface area contributed by atoms with Crippen molar-refractivity contribution in [3.63, 3.8) is 0 Å². The third-order valence-electron chi connectivity index (χ3n) is 7.52. The highest BCUT2D eigenvalue weighted by Gasteiger charge is 2.32. The van der Waals surface area contributed by atoms with Crippen LogP contribution in [-0.2, 0) is 16.6 Å². The summed E-state index contributed by atoms with van der Waals surface area (Å²) in [5.41, 5.74) is 2.39. The number of fused-ring (bicyclic) bond motifs is 1. The first kappa shape index (κ1) is 26.9. The number of nitrogens with zero attached hydrogens (tertiary/aromatic N) is 4. The molecular weight excluding hydrogens is 474 g/mol. The SMILES string of the molecule is Cn1c(=O)n(C2CCC(=O)NC2=O)c2cccc(C3CCN(CCCN(CC(C)(C)C)C(=O)O)CC3)c21. The molecule has 2 aliphatic rings. The Balaban J connectivity index is 1.43. The lowest BCUT2D eigenvalue weighted by Gasteiger charge is -2.33. The van der Waals surface area contributed by atoms with Crippen molar-refractivity contribution in [2.24, 2.45) is 12.5 Å². The minimum atomic E-state index is -0.864. The average Bonchev–Trinajstić information content (AvgIpc) is 3.08. The molecule has 202 valence electrons. The summed E-state index contributed by atoms with van der Waals surface area (Å²) in [6.07, 6.45) is 2.37. The topological polar surface area (TPSA) is 117 Å². The maximum Gasteiger partial charge on any atom is 0.407 e. The lowest BCUT2D eigenvalue weighted by Crippen LogP contribution is -2.44. The molecule has 2 saturated heterocycles. The summed E-state index contributed by atoms with van der Waals surface area (Å²) in [5.74, 6) is -0.431. The zero-order valence-corrected chi connectivity index (χ0v) is 22.3. The van der Waals surface area contributed by atoms with Gasteiger partial charge in [0.15, 0.2) is 0 Å². The number of hydrogen-bond donors (Lipinski definition) is 2. The fourth-order valence-electron chi connectivity index (χ4n) is 5.80. The van der Waals surface area contributed by atoms with Crippen molar-refractivity contribution in [1.29, 1.82) is 0 Å². The third kappa shape index (κ3) is 5.89. The van der Waals surface area contributed by atoms with E-state index in [4.69, 9.17) is 0 Å². The molecule has 10 heteroatoms. The van der Waals surface area contributed by atoms with Crippen molar-refractivity contribution in [3.8, 4) is 0 Å². The number of para-hydroxylation sites is 1. The van der Waals surface area contributed by atoms with Crippen LogP contribution in [0, 0.1) is 5.41 Å². The quantitative estimate of drug-likeness (QED) is 0.550. The number of carbonyl (C=O) groups excluding carboxylic acids is 2. The summed E-state index contributed by atoms with van der Waals surface area (Å²) in [4.78, 5) is 52.9. The second-order valence-electron chi connectivity index (χ2n) is 11.6. The van der Waals surface area contributed by atoms with Gasteiger partial charge in [-0.3, -0.25) is 24.0 Å². The summed E-state index contributed by atoms with van der Waals surface area (Å²) in [5, 5.41) is 11.9. The van der Waals surface area contributed by atoms with Crippen molar-refractivity contribution < 1.29 is 19.5 Å².